The van der Waals surface area contributed by atoms with Gasteiger partial charge in [-0.3, -0.25) is 9.79 Å². The minimum Gasteiger partial charge on any atom is -0.492 e. The second-order valence-electron chi connectivity index (χ2n) is 7.12. The van der Waals surface area contributed by atoms with E-state index in [1.165, 1.54) is 18.5 Å². The predicted octanol–water partition coefficient (Wildman–Crippen LogP) is 1.13. The van der Waals surface area contributed by atoms with E-state index in [-0.39, 0.29) is 42.4 Å². The van der Waals surface area contributed by atoms with Gasteiger partial charge in [0.1, 0.15) is 17.1 Å². The van der Waals surface area contributed by atoms with Crippen molar-refractivity contribution in [2.24, 2.45) is 10.7 Å². The predicted molar refractivity (Wildman–Crippen MR) is 120 cm³/mol. The zero-order valence-electron chi connectivity index (χ0n) is 17.7. The third-order valence-corrected chi connectivity index (χ3v) is 7.59. The molecule has 0 aromatic heterocycles. The number of carbonyl (C=O) groups is 1. The quantitative estimate of drug-likeness (QED) is 0.261. The van der Waals surface area contributed by atoms with Crippen LogP contribution in [-0.4, -0.2) is 58.8 Å². The fourth-order valence-electron chi connectivity index (χ4n) is 3.23. The average Bonchev–Trinajstić information content (AvgIpc) is 2.76. The molecule has 0 saturated carbocycles. The lowest BCUT2D eigenvalue weighted by molar-refractivity contribution is -0.120. The maximum absolute atomic E-state index is 13.2. The SMILES string of the molecule is C=C(CC(=O)NCCOc1ccc(S(=O)(=O)C2(C(=C)N)CCOCC2)cc1)NC=NC. The lowest BCUT2D eigenvalue weighted by atomic mass is 9.96. The summed E-state index contributed by atoms with van der Waals surface area (Å²) in [5.74, 6) is 0.293. The van der Waals surface area contributed by atoms with Crippen LogP contribution in [0.1, 0.15) is 19.3 Å². The van der Waals surface area contributed by atoms with Gasteiger partial charge in [-0.15, -0.1) is 0 Å². The third kappa shape index (κ3) is 6.08. The van der Waals surface area contributed by atoms with E-state index in [9.17, 15) is 13.2 Å². The molecule has 1 amide bonds. The Morgan fingerprint density at radius 2 is 1.94 bits per heavy atom. The van der Waals surface area contributed by atoms with Gasteiger partial charge in [-0.25, -0.2) is 8.42 Å². The Morgan fingerprint density at radius 3 is 2.52 bits per heavy atom. The molecule has 10 heteroatoms. The van der Waals surface area contributed by atoms with Crippen LogP contribution in [0.4, 0.5) is 0 Å². The summed E-state index contributed by atoms with van der Waals surface area (Å²) >= 11 is 0. The molecule has 1 heterocycles. The Hall–Kier alpha value is -2.85. The maximum atomic E-state index is 13.2. The number of rotatable bonds is 11. The molecular formula is C21H30N4O5S. The number of ether oxygens (including phenoxy) is 2. The van der Waals surface area contributed by atoms with Gasteiger partial charge in [0.05, 0.1) is 24.2 Å². The van der Waals surface area contributed by atoms with Crippen LogP contribution in [0.5, 0.6) is 5.75 Å². The number of carbonyl (C=O) groups excluding carboxylic acids is 1. The van der Waals surface area contributed by atoms with Crippen molar-refractivity contribution in [2.45, 2.75) is 28.9 Å². The topological polar surface area (TPSA) is 132 Å². The van der Waals surface area contributed by atoms with Gasteiger partial charge in [-0.05, 0) is 37.1 Å². The summed E-state index contributed by atoms with van der Waals surface area (Å²) in [5.41, 5.74) is 6.57. The van der Waals surface area contributed by atoms with E-state index in [0.29, 0.717) is 31.2 Å². The molecule has 0 radical (unpaired) electrons. The van der Waals surface area contributed by atoms with E-state index in [0.717, 1.165) is 0 Å². The molecule has 31 heavy (non-hydrogen) atoms. The molecule has 0 atom stereocenters. The van der Waals surface area contributed by atoms with E-state index in [4.69, 9.17) is 15.2 Å². The zero-order valence-corrected chi connectivity index (χ0v) is 18.5. The Kier molecular flexibility index (Phi) is 8.64. The number of benzene rings is 1. The van der Waals surface area contributed by atoms with Gasteiger partial charge in [0.2, 0.25) is 5.91 Å². The molecule has 1 aliphatic rings. The summed E-state index contributed by atoms with van der Waals surface area (Å²) in [6.07, 6.45) is 2.12. The maximum Gasteiger partial charge on any atom is 0.226 e. The third-order valence-electron chi connectivity index (χ3n) is 5.00. The van der Waals surface area contributed by atoms with Crippen molar-refractivity contribution in [3.05, 3.63) is 48.8 Å². The second-order valence-corrected chi connectivity index (χ2v) is 9.38. The smallest absolute Gasteiger partial charge is 0.226 e. The highest BCUT2D eigenvalue weighted by atomic mass is 32.2. The van der Waals surface area contributed by atoms with Crippen LogP contribution < -0.4 is 21.1 Å². The summed E-state index contributed by atoms with van der Waals surface area (Å²) in [4.78, 5) is 15.7. The molecule has 1 saturated heterocycles. The van der Waals surface area contributed by atoms with Crippen molar-refractivity contribution in [3.63, 3.8) is 0 Å². The Balaban J connectivity index is 1.90. The molecule has 2 rings (SSSR count). The van der Waals surface area contributed by atoms with Crippen LogP contribution in [0.25, 0.3) is 0 Å². The summed E-state index contributed by atoms with van der Waals surface area (Å²) in [6.45, 7) is 8.61. The lowest BCUT2D eigenvalue weighted by Gasteiger charge is -2.36. The molecule has 170 valence electrons. The molecule has 0 spiro atoms. The molecule has 1 aromatic rings. The molecule has 4 N–H and O–H groups in total. The van der Waals surface area contributed by atoms with Crippen molar-refractivity contribution in [1.82, 2.24) is 10.6 Å². The number of aliphatic imine (C=N–C) groups is 1. The highest BCUT2D eigenvalue weighted by Gasteiger charge is 2.47. The highest BCUT2D eigenvalue weighted by Crippen LogP contribution is 2.38. The molecule has 0 aliphatic carbocycles. The van der Waals surface area contributed by atoms with Gasteiger partial charge in [-0.1, -0.05) is 13.2 Å². The monoisotopic (exact) mass is 450 g/mol. The number of sulfone groups is 1. The minimum atomic E-state index is -3.73. The van der Waals surface area contributed by atoms with Gasteiger partial charge < -0.3 is 25.8 Å². The van der Waals surface area contributed by atoms with Gasteiger partial charge in [-0.2, -0.15) is 0 Å². The van der Waals surface area contributed by atoms with Crippen molar-refractivity contribution in [1.29, 1.82) is 0 Å². The van der Waals surface area contributed by atoms with Crippen molar-refractivity contribution >= 4 is 22.1 Å². The molecule has 1 fully saturated rings. The molecule has 1 aromatic carbocycles. The summed E-state index contributed by atoms with van der Waals surface area (Å²) in [5, 5.41) is 5.50. The number of hydrogen-bond acceptors (Lipinski definition) is 7. The summed E-state index contributed by atoms with van der Waals surface area (Å²) in [6, 6.07) is 6.15. The van der Waals surface area contributed by atoms with E-state index in [1.807, 2.05) is 0 Å². The van der Waals surface area contributed by atoms with Crippen LogP contribution in [0, 0.1) is 0 Å². The minimum absolute atomic E-state index is 0.123. The van der Waals surface area contributed by atoms with Crippen LogP contribution in [0.3, 0.4) is 0 Å². The number of hydrogen-bond donors (Lipinski definition) is 3. The van der Waals surface area contributed by atoms with Crippen LogP contribution in [0.15, 0.2) is 58.7 Å². The molecular weight excluding hydrogens is 420 g/mol. The first-order valence-corrected chi connectivity index (χ1v) is 11.3. The van der Waals surface area contributed by atoms with Gasteiger partial charge in [0.25, 0.3) is 0 Å². The Bertz CT molecular complexity index is 920. The largest absolute Gasteiger partial charge is 0.492 e. The van der Waals surface area contributed by atoms with Crippen LogP contribution in [0.2, 0.25) is 0 Å². The van der Waals surface area contributed by atoms with E-state index >= 15 is 0 Å². The first-order valence-electron chi connectivity index (χ1n) is 9.84. The Labute approximate surface area is 183 Å². The summed E-state index contributed by atoms with van der Waals surface area (Å²) in [7, 11) is -2.13. The zero-order chi connectivity index (χ0) is 22.9. The lowest BCUT2D eigenvalue weighted by Crippen LogP contribution is -2.47. The number of nitrogens with one attached hydrogen (secondary N) is 2. The fourth-order valence-corrected chi connectivity index (χ4v) is 5.22. The molecule has 9 nitrogen and oxygen atoms in total. The molecule has 0 unspecified atom stereocenters. The highest BCUT2D eigenvalue weighted by molar-refractivity contribution is 7.93. The first-order chi connectivity index (χ1) is 14.7. The van der Waals surface area contributed by atoms with Crippen molar-refractivity contribution in [2.75, 3.05) is 33.4 Å². The normalized spacial score (nSPS) is 15.9. The van der Waals surface area contributed by atoms with Crippen molar-refractivity contribution < 1.29 is 22.7 Å². The Morgan fingerprint density at radius 1 is 1.29 bits per heavy atom. The molecule has 1 aliphatic heterocycles. The summed E-state index contributed by atoms with van der Waals surface area (Å²) < 4.78 is 36.2. The van der Waals surface area contributed by atoms with Crippen LogP contribution >= 0.6 is 0 Å². The number of amides is 1. The van der Waals surface area contributed by atoms with Crippen molar-refractivity contribution in [3.8, 4) is 5.75 Å². The second kappa shape index (κ2) is 11.0. The van der Waals surface area contributed by atoms with Gasteiger partial charge in [0.15, 0.2) is 9.84 Å². The van der Waals surface area contributed by atoms with E-state index in [1.54, 1.807) is 19.2 Å². The van der Waals surface area contributed by atoms with Crippen LogP contribution in [-0.2, 0) is 19.4 Å². The van der Waals surface area contributed by atoms with Gasteiger partial charge >= 0.3 is 0 Å². The number of nitrogens with two attached hydrogens (primary N) is 1. The van der Waals surface area contributed by atoms with E-state index in [2.05, 4.69) is 28.8 Å². The number of nitrogens with zero attached hydrogens (tertiary/aromatic N) is 1. The standard InChI is InChI=1S/C21H30N4O5S/c1-16(25-15-23-3)14-20(26)24-10-13-30-18-4-6-19(7-5-18)31(27,28)21(17(2)22)8-11-29-12-9-21/h4-7,15H,1-2,8-14,22H2,3H3,(H,23,25)(H,24,26). The van der Waals surface area contributed by atoms with Gasteiger partial charge in [0, 0.05) is 31.7 Å². The average molecular weight is 451 g/mol. The first kappa shape index (κ1) is 24.4. The van der Waals surface area contributed by atoms with E-state index < -0.39 is 14.6 Å². The fraction of sp³-hybridized carbons (Fsp3) is 0.429. The molecule has 0 bridgehead atoms.